The van der Waals surface area contributed by atoms with Crippen LogP contribution >= 0.6 is 23.2 Å². The SMILES string of the molecule is Cc1ccc(C(=O)CN(C(=O)c2ccc(Cl)cc2Cl)N2C(=O)[C@H]3[C@H](C)C=CC[C@H]3C2=O)cc1C. The Hall–Kier alpha value is -2.96. The number of nitrogens with zero attached hydrogens (tertiary/aromatic N) is 2. The van der Waals surface area contributed by atoms with Crippen molar-refractivity contribution in [2.45, 2.75) is 27.2 Å². The normalized spacial score (nSPS) is 21.6. The van der Waals surface area contributed by atoms with Gasteiger partial charge in [0.15, 0.2) is 5.78 Å². The Labute approximate surface area is 208 Å². The van der Waals surface area contributed by atoms with Crippen molar-refractivity contribution in [3.05, 3.63) is 80.8 Å². The molecule has 3 atom stereocenters. The molecule has 1 aliphatic heterocycles. The molecule has 1 saturated heterocycles. The van der Waals surface area contributed by atoms with E-state index in [-0.39, 0.29) is 16.5 Å². The van der Waals surface area contributed by atoms with Crippen molar-refractivity contribution < 1.29 is 19.2 Å². The topological polar surface area (TPSA) is 74.8 Å². The van der Waals surface area contributed by atoms with Crippen LogP contribution in [0.1, 0.15) is 45.2 Å². The number of hydrogen-bond acceptors (Lipinski definition) is 4. The van der Waals surface area contributed by atoms with E-state index in [2.05, 4.69) is 0 Å². The van der Waals surface area contributed by atoms with Gasteiger partial charge in [0, 0.05) is 10.6 Å². The lowest BCUT2D eigenvalue weighted by Crippen LogP contribution is -2.52. The molecule has 1 fully saturated rings. The van der Waals surface area contributed by atoms with Gasteiger partial charge in [0.1, 0.15) is 6.54 Å². The number of imide groups is 1. The standard InChI is InChI=1S/C26H24Cl2N2O4/c1-14-7-8-17(11-16(14)3)22(31)13-29(24(32)19-10-9-18(27)12-21(19)28)30-25(33)20-6-4-5-15(2)23(20)26(30)34/h4-5,7-12,15,20,23H,6,13H2,1-3H3/t15-,20-,23+/m1/s1. The summed E-state index contributed by atoms with van der Waals surface area (Å²) < 4.78 is 0. The molecule has 2 aromatic carbocycles. The highest BCUT2D eigenvalue weighted by Crippen LogP contribution is 2.39. The van der Waals surface area contributed by atoms with E-state index in [4.69, 9.17) is 23.2 Å². The molecule has 4 rings (SSSR count). The number of benzene rings is 2. The van der Waals surface area contributed by atoms with Crippen LogP contribution < -0.4 is 0 Å². The van der Waals surface area contributed by atoms with Crippen molar-refractivity contribution in [2.75, 3.05) is 6.54 Å². The van der Waals surface area contributed by atoms with Gasteiger partial charge in [0.05, 0.1) is 22.4 Å². The number of rotatable bonds is 5. The predicted molar refractivity (Wildman–Crippen MR) is 129 cm³/mol. The van der Waals surface area contributed by atoms with Crippen LogP contribution in [0.25, 0.3) is 0 Å². The van der Waals surface area contributed by atoms with Crippen molar-refractivity contribution in [1.82, 2.24) is 10.0 Å². The van der Waals surface area contributed by atoms with Crippen molar-refractivity contribution in [1.29, 1.82) is 0 Å². The van der Waals surface area contributed by atoms with E-state index in [0.717, 1.165) is 21.1 Å². The summed E-state index contributed by atoms with van der Waals surface area (Å²) in [6.07, 6.45) is 4.19. The fourth-order valence-electron chi connectivity index (χ4n) is 4.55. The summed E-state index contributed by atoms with van der Waals surface area (Å²) in [7, 11) is 0. The summed E-state index contributed by atoms with van der Waals surface area (Å²) in [5.74, 6) is -3.41. The van der Waals surface area contributed by atoms with Gasteiger partial charge in [0.25, 0.3) is 17.7 Å². The molecule has 0 N–H and O–H groups in total. The minimum Gasteiger partial charge on any atom is -0.292 e. The largest absolute Gasteiger partial charge is 0.292 e. The Balaban J connectivity index is 1.74. The second kappa shape index (κ2) is 9.35. The van der Waals surface area contributed by atoms with Gasteiger partial charge in [0.2, 0.25) is 0 Å². The molecule has 1 aliphatic carbocycles. The third-order valence-electron chi connectivity index (χ3n) is 6.61. The third-order valence-corrected chi connectivity index (χ3v) is 7.16. The minimum atomic E-state index is -0.722. The number of hydrogen-bond donors (Lipinski definition) is 0. The van der Waals surface area contributed by atoms with Crippen molar-refractivity contribution in [2.24, 2.45) is 17.8 Å². The van der Waals surface area contributed by atoms with E-state index in [1.165, 1.54) is 18.2 Å². The fourth-order valence-corrected chi connectivity index (χ4v) is 5.04. The lowest BCUT2D eigenvalue weighted by Gasteiger charge is -2.30. The number of amides is 3. The fraction of sp³-hybridized carbons (Fsp3) is 0.308. The molecule has 0 bridgehead atoms. The molecule has 3 amide bonds. The zero-order valence-electron chi connectivity index (χ0n) is 19.0. The number of Topliss-reactive ketones (excluding diaryl/α,β-unsaturated/α-hetero) is 1. The first-order chi connectivity index (χ1) is 16.1. The number of fused-ring (bicyclic) bond motifs is 1. The van der Waals surface area contributed by atoms with Crippen molar-refractivity contribution in [3.8, 4) is 0 Å². The summed E-state index contributed by atoms with van der Waals surface area (Å²) in [5, 5.41) is 2.18. The molecule has 2 aromatic rings. The number of aryl methyl sites for hydroxylation is 2. The summed E-state index contributed by atoms with van der Waals surface area (Å²) in [5.41, 5.74) is 2.37. The van der Waals surface area contributed by atoms with Crippen LogP contribution in [-0.4, -0.2) is 40.1 Å². The molecule has 0 unspecified atom stereocenters. The van der Waals surface area contributed by atoms with Crippen LogP contribution in [0.2, 0.25) is 10.0 Å². The van der Waals surface area contributed by atoms with Crippen LogP contribution in [0.5, 0.6) is 0 Å². The second-order valence-corrected chi connectivity index (χ2v) is 9.70. The molecular formula is C26H24Cl2N2O4. The molecule has 34 heavy (non-hydrogen) atoms. The molecular weight excluding hydrogens is 475 g/mol. The Bertz CT molecular complexity index is 1240. The molecule has 0 spiro atoms. The van der Waals surface area contributed by atoms with E-state index < -0.39 is 41.9 Å². The zero-order chi connectivity index (χ0) is 24.7. The summed E-state index contributed by atoms with van der Waals surface area (Å²) in [6.45, 7) is 5.19. The van der Waals surface area contributed by atoms with Gasteiger partial charge < -0.3 is 0 Å². The van der Waals surface area contributed by atoms with E-state index in [0.29, 0.717) is 17.0 Å². The highest BCUT2D eigenvalue weighted by molar-refractivity contribution is 6.36. The van der Waals surface area contributed by atoms with E-state index >= 15 is 0 Å². The zero-order valence-corrected chi connectivity index (χ0v) is 20.6. The number of allylic oxidation sites excluding steroid dienone is 2. The van der Waals surface area contributed by atoms with Crippen molar-refractivity contribution in [3.63, 3.8) is 0 Å². The maximum atomic E-state index is 13.6. The molecule has 0 saturated carbocycles. The summed E-state index contributed by atoms with van der Waals surface area (Å²) >= 11 is 12.2. The van der Waals surface area contributed by atoms with Crippen LogP contribution in [-0.2, 0) is 9.59 Å². The highest BCUT2D eigenvalue weighted by Gasteiger charge is 2.53. The first kappa shape index (κ1) is 24.2. The van der Waals surface area contributed by atoms with Crippen LogP contribution in [0, 0.1) is 31.6 Å². The number of hydrazine groups is 1. The third kappa shape index (κ3) is 4.28. The Kier molecular flexibility index (Phi) is 6.65. The quantitative estimate of drug-likeness (QED) is 0.328. The average Bonchev–Trinajstić information content (AvgIpc) is 3.04. The lowest BCUT2D eigenvalue weighted by molar-refractivity contribution is -0.154. The van der Waals surface area contributed by atoms with E-state index in [9.17, 15) is 19.2 Å². The summed E-state index contributed by atoms with van der Waals surface area (Å²) in [6, 6.07) is 9.53. The predicted octanol–water partition coefficient (Wildman–Crippen LogP) is 5.05. The molecule has 0 aromatic heterocycles. The maximum absolute atomic E-state index is 13.6. The lowest BCUT2D eigenvalue weighted by atomic mass is 9.78. The molecule has 176 valence electrons. The minimum absolute atomic E-state index is 0.0422. The number of carbonyl (C=O) groups is 4. The van der Waals surface area contributed by atoms with Gasteiger partial charge >= 0.3 is 0 Å². The molecule has 1 heterocycles. The molecule has 0 radical (unpaired) electrons. The van der Waals surface area contributed by atoms with Gasteiger partial charge in [-0.25, -0.2) is 5.01 Å². The maximum Gasteiger partial charge on any atom is 0.274 e. The second-order valence-electron chi connectivity index (χ2n) is 8.85. The van der Waals surface area contributed by atoms with E-state index in [1.807, 2.05) is 39.0 Å². The van der Waals surface area contributed by atoms with Gasteiger partial charge in [-0.3, -0.25) is 19.2 Å². The Morgan fingerprint density at radius 3 is 2.41 bits per heavy atom. The highest BCUT2D eigenvalue weighted by atomic mass is 35.5. The number of carbonyl (C=O) groups excluding carboxylic acids is 4. The Morgan fingerprint density at radius 2 is 1.76 bits per heavy atom. The average molecular weight is 499 g/mol. The number of halogens is 2. The molecule has 8 heteroatoms. The molecule has 6 nitrogen and oxygen atoms in total. The van der Waals surface area contributed by atoms with E-state index in [1.54, 1.807) is 12.1 Å². The first-order valence-corrected chi connectivity index (χ1v) is 11.8. The monoisotopic (exact) mass is 498 g/mol. The summed E-state index contributed by atoms with van der Waals surface area (Å²) in [4.78, 5) is 53.6. The smallest absolute Gasteiger partial charge is 0.274 e. The van der Waals surface area contributed by atoms with Crippen LogP contribution in [0.3, 0.4) is 0 Å². The first-order valence-electron chi connectivity index (χ1n) is 11.0. The van der Waals surface area contributed by atoms with Gasteiger partial charge in [-0.05, 0) is 61.6 Å². The van der Waals surface area contributed by atoms with Crippen LogP contribution in [0.4, 0.5) is 0 Å². The number of ketones is 1. The Morgan fingerprint density at radius 1 is 1.03 bits per heavy atom. The molecule has 2 aliphatic rings. The van der Waals surface area contributed by atoms with Crippen molar-refractivity contribution >= 4 is 46.7 Å². The van der Waals surface area contributed by atoms with Gasteiger partial charge in [-0.1, -0.05) is 54.4 Å². The van der Waals surface area contributed by atoms with Crippen LogP contribution in [0.15, 0.2) is 48.6 Å². The van der Waals surface area contributed by atoms with Gasteiger partial charge in [-0.2, -0.15) is 5.01 Å². The van der Waals surface area contributed by atoms with Gasteiger partial charge in [-0.15, -0.1) is 0 Å².